The first-order chi connectivity index (χ1) is 9.70. The van der Waals surface area contributed by atoms with Gasteiger partial charge in [-0.05, 0) is 47.0 Å². The van der Waals surface area contributed by atoms with E-state index in [0.717, 1.165) is 16.6 Å². The number of rotatable bonds is 5. The number of ether oxygens (including phenoxy) is 1. The number of halogens is 2. The number of nitrogens with zero attached hydrogens (tertiary/aromatic N) is 2. The lowest BCUT2D eigenvalue weighted by atomic mass is 10.3. The van der Waals surface area contributed by atoms with Gasteiger partial charge in [-0.2, -0.15) is 0 Å². The molecule has 0 spiro atoms. The van der Waals surface area contributed by atoms with Crippen LogP contribution in [0.4, 0.5) is 0 Å². The van der Waals surface area contributed by atoms with E-state index in [9.17, 15) is 0 Å². The summed E-state index contributed by atoms with van der Waals surface area (Å²) in [5.74, 6) is 0.637. The van der Waals surface area contributed by atoms with Crippen LogP contribution in [-0.2, 0) is 6.54 Å². The smallest absolute Gasteiger partial charge is 0.321 e. The summed E-state index contributed by atoms with van der Waals surface area (Å²) in [6, 6.07) is 6.30. The molecule has 1 aromatic heterocycles. The first-order valence-electron chi connectivity index (χ1n) is 6.38. The van der Waals surface area contributed by atoms with Crippen molar-refractivity contribution in [3.05, 3.63) is 45.7 Å². The first kappa shape index (κ1) is 13.8. The maximum absolute atomic E-state index is 5.88. The van der Waals surface area contributed by atoms with Crippen molar-refractivity contribution in [1.82, 2.24) is 15.3 Å². The Kier molecular flexibility index (Phi) is 4.19. The Morgan fingerprint density at radius 1 is 1.30 bits per heavy atom. The van der Waals surface area contributed by atoms with E-state index in [1.807, 2.05) is 0 Å². The fourth-order valence-electron chi connectivity index (χ4n) is 1.69. The second kappa shape index (κ2) is 6.08. The zero-order valence-corrected chi connectivity index (χ0v) is 13.0. The molecule has 0 aliphatic heterocycles. The number of hydrogen-bond acceptors (Lipinski definition) is 4. The SMILES string of the molecule is Clc1ccc(Oc2ncc(CNC3CC3)cn2)c(Br)c1. The molecule has 1 N–H and O–H groups in total. The van der Waals surface area contributed by atoms with Crippen LogP contribution in [0.3, 0.4) is 0 Å². The molecular formula is C14H13BrClN3O. The molecular weight excluding hydrogens is 342 g/mol. The van der Waals surface area contributed by atoms with Crippen LogP contribution in [0.2, 0.25) is 5.02 Å². The van der Waals surface area contributed by atoms with E-state index < -0.39 is 0 Å². The normalized spacial score (nSPS) is 14.3. The van der Waals surface area contributed by atoms with E-state index in [0.29, 0.717) is 22.8 Å². The minimum Gasteiger partial charge on any atom is -0.423 e. The molecule has 20 heavy (non-hydrogen) atoms. The molecule has 1 aliphatic rings. The minimum atomic E-state index is 0.322. The fraction of sp³-hybridized carbons (Fsp3) is 0.286. The van der Waals surface area contributed by atoms with Crippen LogP contribution < -0.4 is 10.1 Å². The molecule has 0 unspecified atom stereocenters. The Hall–Kier alpha value is -1.17. The van der Waals surface area contributed by atoms with E-state index in [1.165, 1.54) is 12.8 Å². The second-order valence-corrected chi connectivity index (χ2v) is 6.00. The highest BCUT2D eigenvalue weighted by Crippen LogP contribution is 2.30. The van der Waals surface area contributed by atoms with Crippen molar-refractivity contribution in [1.29, 1.82) is 0 Å². The number of nitrogens with one attached hydrogen (secondary N) is 1. The van der Waals surface area contributed by atoms with Gasteiger partial charge in [0.1, 0.15) is 5.75 Å². The first-order valence-corrected chi connectivity index (χ1v) is 7.55. The molecule has 0 atom stereocenters. The standard InChI is InChI=1S/C14H13BrClN3O/c15-12-5-10(16)1-4-13(12)20-14-18-7-9(8-19-14)6-17-11-2-3-11/h1,4-5,7-8,11,17H,2-3,6H2. The molecule has 1 fully saturated rings. The van der Waals surface area contributed by atoms with Crippen molar-refractivity contribution in [3.63, 3.8) is 0 Å². The largest absolute Gasteiger partial charge is 0.423 e. The van der Waals surface area contributed by atoms with Gasteiger partial charge in [-0.15, -0.1) is 0 Å². The number of hydrogen-bond donors (Lipinski definition) is 1. The molecule has 6 heteroatoms. The van der Waals surface area contributed by atoms with Crippen molar-refractivity contribution >= 4 is 27.5 Å². The van der Waals surface area contributed by atoms with Crippen molar-refractivity contribution < 1.29 is 4.74 Å². The van der Waals surface area contributed by atoms with Gasteiger partial charge in [0.25, 0.3) is 0 Å². The van der Waals surface area contributed by atoms with Gasteiger partial charge in [0.05, 0.1) is 4.47 Å². The Morgan fingerprint density at radius 3 is 2.70 bits per heavy atom. The quantitative estimate of drug-likeness (QED) is 0.883. The average Bonchev–Trinajstić information content (AvgIpc) is 3.25. The average molecular weight is 355 g/mol. The summed E-state index contributed by atoms with van der Waals surface area (Å²) in [4.78, 5) is 8.42. The van der Waals surface area contributed by atoms with E-state index >= 15 is 0 Å². The van der Waals surface area contributed by atoms with Crippen LogP contribution in [0, 0.1) is 0 Å². The van der Waals surface area contributed by atoms with Gasteiger partial charge in [-0.3, -0.25) is 0 Å². The third kappa shape index (κ3) is 3.69. The summed E-state index contributed by atoms with van der Waals surface area (Å²) in [7, 11) is 0. The van der Waals surface area contributed by atoms with Crippen LogP contribution in [0.15, 0.2) is 35.1 Å². The summed E-state index contributed by atoms with van der Waals surface area (Å²) in [5.41, 5.74) is 1.06. The summed E-state index contributed by atoms with van der Waals surface area (Å²) < 4.78 is 6.38. The Bertz CT molecular complexity index is 602. The van der Waals surface area contributed by atoms with E-state index in [2.05, 4.69) is 31.2 Å². The number of aromatic nitrogens is 2. The summed E-state index contributed by atoms with van der Waals surface area (Å²) in [6.45, 7) is 0.801. The van der Waals surface area contributed by atoms with E-state index in [-0.39, 0.29) is 0 Å². The Labute approximate surface area is 130 Å². The zero-order chi connectivity index (χ0) is 13.9. The van der Waals surface area contributed by atoms with Gasteiger partial charge >= 0.3 is 6.01 Å². The monoisotopic (exact) mass is 353 g/mol. The fourth-order valence-corrected chi connectivity index (χ4v) is 2.46. The van der Waals surface area contributed by atoms with Crippen molar-refractivity contribution in [2.24, 2.45) is 0 Å². The third-order valence-electron chi connectivity index (χ3n) is 2.95. The summed E-state index contributed by atoms with van der Waals surface area (Å²) in [6.07, 6.45) is 6.10. The minimum absolute atomic E-state index is 0.322. The lowest BCUT2D eigenvalue weighted by Gasteiger charge is -2.07. The molecule has 0 amide bonds. The zero-order valence-electron chi connectivity index (χ0n) is 10.6. The van der Waals surface area contributed by atoms with Gasteiger partial charge in [0.2, 0.25) is 0 Å². The van der Waals surface area contributed by atoms with Crippen LogP contribution in [-0.4, -0.2) is 16.0 Å². The predicted molar refractivity (Wildman–Crippen MR) is 81.1 cm³/mol. The van der Waals surface area contributed by atoms with Gasteiger partial charge < -0.3 is 10.1 Å². The van der Waals surface area contributed by atoms with Crippen LogP contribution in [0.5, 0.6) is 11.8 Å². The van der Waals surface area contributed by atoms with Gasteiger partial charge in [0.15, 0.2) is 0 Å². The molecule has 0 bridgehead atoms. The maximum atomic E-state index is 5.88. The van der Waals surface area contributed by atoms with Crippen molar-refractivity contribution in [3.8, 4) is 11.8 Å². The molecule has 1 aliphatic carbocycles. The molecule has 0 radical (unpaired) electrons. The van der Waals surface area contributed by atoms with Crippen molar-refractivity contribution in [2.45, 2.75) is 25.4 Å². The molecule has 4 nitrogen and oxygen atoms in total. The molecule has 2 aromatic rings. The van der Waals surface area contributed by atoms with Gasteiger partial charge in [-0.25, -0.2) is 9.97 Å². The predicted octanol–water partition coefficient (Wildman–Crippen LogP) is 3.94. The Morgan fingerprint density at radius 2 is 2.05 bits per heavy atom. The number of benzene rings is 1. The van der Waals surface area contributed by atoms with E-state index in [4.69, 9.17) is 16.3 Å². The van der Waals surface area contributed by atoms with Crippen LogP contribution in [0.25, 0.3) is 0 Å². The molecule has 3 rings (SSSR count). The Balaban J connectivity index is 1.64. The highest BCUT2D eigenvalue weighted by atomic mass is 79.9. The molecule has 104 valence electrons. The maximum Gasteiger partial charge on any atom is 0.321 e. The molecule has 1 aromatic carbocycles. The lowest BCUT2D eigenvalue weighted by molar-refractivity contribution is 0.438. The summed E-state index contributed by atoms with van der Waals surface area (Å²) in [5, 5.41) is 4.06. The topological polar surface area (TPSA) is 47.0 Å². The lowest BCUT2D eigenvalue weighted by Crippen LogP contribution is -2.15. The third-order valence-corrected chi connectivity index (χ3v) is 3.80. The highest BCUT2D eigenvalue weighted by molar-refractivity contribution is 9.10. The molecule has 1 heterocycles. The van der Waals surface area contributed by atoms with Crippen LogP contribution >= 0.6 is 27.5 Å². The van der Waals surface area contributed by atoms with Crippen LogP contribution in [0.1, 0.15) is 18.4 Å². The second-order valence-electron chi connectivity index (χ2n) is 4.71. The highest BCUT2D eigenvalue weighted by Gasteiger charge is 2.20. The van der Waals surface area contributed by atoms with Gasteiger partial charge in [0, 0.05) is 35.6 Å². The van der Waals surface area contributed by atoms with Gasteiger partial charge in [-0.1, -0.05) is 11.6 Å². The summed E-state index contributed by atoms with van der Waals surface area (Å²) >= 11 is 9.27. The molecule has 1 saturated carbocycles. The van der Waals surface area contributed by atoms with Crippen molar-refractivity contribution in [2.75, 3.05) is 0 Å². The van der Waals surface area contributed by atoms with E-state index in [1.54, 1.807) is 30.6 Å². The molecule has 0 saturated heterocycles.